The molecular weight excluding hydrogens is 333 g/mol. The molecule has 2 aromatic heterocycles. The van der Waals surface area contributed by atoms with Crippen LogP contribution in [0.5, 0.6) is 0 Å². The number of aliphatic hydroxyl groups excluding tert-OH is 2. The molecule has 10 heteroatoms. The monoisotopic (exact) mass is 351 g/mol. The number of hydrogen-bond donors (Lipinski definition) is 5. The van der Waals surface area contributed by atoms with E-state index >= 15 is 0 Å². The fourth-order valence-electron chi connectivity index (χ4n) is 3.28. The predicted molar refractivity (Wildman–Crippen MR) is 86.7 cm³/mol. The van der Waals surface area contributed by atoms with Gasteiger partial charge in [-0.1, -0.05) is 5.92 Å². The normalized spacial score (nSPS) is 28.9. The van der Waals surface area contributed by atoms with Crippen molar-refractivity contribution >= 4 is 17.0 Å². The van der Waals surface area contributed by atoms with Gasteiger partial charge in [-0.2, -0.15) is 4.98 Å². The van der Waals surface area contributed by atoms with Crippen LogP contribution in [0.1, 0.15) is 13.2 Å². The van der Waals surface area contributed by atoms with Gasteiger partial charge in [0.1, 0.15) is 10.9 Å². The lowest BCUT2D eigenvalue weighted by Gasteiger charge is -2.29. The van der Waals surface area contributed by atoms with E-state index in [1.807, 2.05) is 0 Å². The Morgan fingerprint density at radius 2 is 2.24 bits per heavy atom. The lowest BCUT2D eigenvalue weighted by atomic mass is 9.83. The first-order chi connectivity index (χ1) is 11.9. The van der Waals surface area contributed by atoms with Crippen LogP contribution in [0, 0.1) is 23.6 Å². The molecule has 2 aromatic rings. The zero-order valence-corrected chi connectivity index (χ0v) is 13.4. The molecule has 3 heterocycles. The number of aromatic nitrogens is 3. The fraction of sp³-hybridized carbons (Fsp3) is 0.467. The quantitative estimate of drug-likeness (QED) is 0.429. The molecule has 1 fully saturated rings. The Balaban J connectivity index is 2.25. The number of nitrogens with zero attached hydrogens (tertiary/aromatic N) is 2. The largest absolute Gasteiger partial charge is 0.396 e. The SMILES string of the molecule is CC#CC1(N)C(CO)[C@@H](CO)O[C@H]1n1cc(F)c2c(=O)[nH]c(N)nc21. The summed E-state index contributed by atoms with van der Waals surface area (Å²) in [6, 6.07) is 0. The minimum atomic E-state index is -1.44. The van der Waals surface area contributed by atoms with Crippen molar-refractivity contribution in [2.24, 2.45) is 11.7 Å². The van der Waals surface area contributed by atoms with Crippen LogP contribution < -0.4 is 17.0 Å². The van der Waals surface area contributed by atoms with Crippen molar-refractivity contribution in [3.63, 3.8) is 0 Å². The highest BCUT2D eigenvalue weighted by Gasteiger charge is 2.54. The maximum Gasteiger partial charge on any atom is 0.264 e. The number of nitrogens with one attached hydrogen (secondary N) is 1. The van der Waals surface area contributed by atoms with E-state index in [0.717, 1.165) is 6.20 Å². The molecule has 25 heavy (non-hydrogen) atoms. The van der Waals surface area contributed by atoms with Gasteiger partial charge in [0.2, 0.25) is 5.95 Å². The van der Waals surface area contributed by atoms with Crippen LogP contribution in [0.4, 0.5) is 10.3 Å². The minimum Gasteiger partial charge on any atom is -0.396 e. The number of aromatic amines is 1. The molecular formula is C15H18FN5O4. The summed E-state index contributed by atoms with van der Waals surface area (Å²) in [5.74, 6) is 3.70. The van der Waals surface area contributed by atoms with Gasteiger partial charge in [0.05, 0.1) is 19.3 Å². The zero-order chi connectivity index (χ0) is 18.4. The summed E-state index contributed by atoms with van der Waals surface area (Å²) < 4.78 is 21.3. The molecule has 134 valence electrons. The van der Waals surface area contributed by atoms with E-state index in [1.54, 1.807) is 6.92 Å². The summed E-state index contributed by atoms with van der Waals surface area (Å²) in [6.45, 7) is 0.746. The average Bonchev–Trinajstić information content (AvgIpc) is 3.01. The summed E-state index contributed by atoms with van der Waals surface area (Å²) in [6.07, 6.45) is -0.889. The number of nitrogen functional groups attached to an aromatic ring is 1. The summed E-state index contributed by atoms with van der Waals surface area (Å²) in [4.78, 5) is 18.2. The standard InChI is InChI=1S/C15H18FN5O4/c1-2-3-15(18)7(5-22)9(6-23)25-13(15)21-4-8(16)10-11(21)19-14(17)20-12(10)24/h4,7,9,13,22-23H,5-6,18H2,1H3,(H3,17,19,20,24)/t7?,9-,13-,15?/m1/s1. The molecule has 7 N–H and O–H groups in total. The third-order valence-electron chi connectivity index (χ3n) is 4.40. The van der Waals surface area contributed by atoms with Crippen molar-refractivity contribution in [2.75, 3.05) is 18.9 Å². The minimum absolute atomic E-state index is 0.0632. The predicted octanol–water partition coefficient (Wildman–Crippen LogP) is -1.34. The van der Waals surface area contributed by atoms with Gasteiger partial charge in [0.15, 0.2) is 17.7 Å². The highest BCUT2D eigenvalue weighted by atomic mass is 19.1. The van der Waals surface area contributed by atoms with Crippen LogP contribution >= 0.6 is 0 Å². The first-order valence-corrected chi connectivity index (χ1v) is 7.53. The third kappa shape index (κ3) is 2.49. The Kier molecular flexibility index (Phi) is 4.26. The van der Waals surface area contributed by atoms with Gasteiger partial charge in [-0.3, -0.25) is 14.3 Å². The molecule has 0 amide bonds. The van der Waals surface area contributed by atoms with Crippen molar-refractivity contribution in [3.05, 3.63) is 22.4 Å². The molecule has 1 saturated heterocycles. The fourth-order valence-corrected chi connectivity index (χ4v) is 3.28. The van der Waals surface area contributed by atoms with E-state index in [4.69, 9.17) is 16.2 Å². The highest BCUT2D eigenvalue weighted by molar-refractivity contribution is 5.77. The summed E-state index contributed by atoms with van der Waals surface area (Å²) in [5, 5.41) is 18.9. The Morgan fingerprint density at radius 3 is 2.84 bits per heavy atom. The topological polar surface area (TPSA) is 152 Å². The molecule has 2 unspecified atom stereocenters. The molecule has 4 atom stereocenters. The van der Waals surface area contributed by atoms with Crippen molar-refractivity contribution in [3.8, 4) is 11.8 Å². The van der Waals surface area contributed by atoms with Crippen molar-refractivity contribution < 1.29 is 19.3 Å². The lowest BCUT2D eigenvalue weighted by molar-refractivity contribution is -0.0373. The number of nitrogens with two attached hydrogens (primary N) is 2. The van der Waals surface area contributed by atoms with Crippen LogP contribution in [-0.4, -0.2) is 49.6 Å². The Bertz CT molecular complexity index is 930. The second kappa shape index (κ2) is 6.12. The van der Waals surface area contributed by atoms with Crippen LogP contribution in [0.2, 0.25) is 0 Å². The average molecular weight is 351 g/mol. The Labute approximate surface area is 141 Å². The summed E-state index contributed by atoms with van der Waals surface area (Å²) in [5.41, 5.74) is 9.70. The molecule has 0 bridgehead atoms. The number of aliphatic hydroxyl groups is 2. The van der Waals surface area contributed by atoms with Crippen LogP contribution in [0.3, 0.4) is 0 Å². The van der Waals surface area contributed by atoms with Crippen molar-refractivity contribution in [1.82, 2.24) is 14.5 Å². The second-order valence-electron chi connectivity index (χ2n) is 5.84. The van der Waals surface area contributed by atoms with Crippen LogP contribution in [0.15, 0.2) is 11.0 Å². The Morgan fingerprint density at radius 1 is 1.52 bits per heavy atom. The number of rotatable bonds is 3. The molecule has 0 radical (unpaired) electrons. The molecule has 0 aromatic carbocycles. The van der Waals surface area contributed by atoms with Crippen LogP contribution in [-0.2, 0) is 4.74 Å². The first-order valence-electron chi connectivity index (χ1n) is 7.53. The third-order valence-corrected chi connectivity index (χ3v) is 4.40. The van der Waals surface area contributed by atoms with E-state index in [9.17, 15) is 19.4 Å². The van der Waals surface area contributed by atoms with E-state index in [1.165, 1.54) is 4.57 Å². The second-order valence-corrected chi connectivity index (χ2v) is 5.84. The number of fused-ring (bicyclic) bond motifs is 1. The van der Waals surface area contributed by atoms with Crippen molar-refractivity contribution in [2.45, 2.75) is 24.8 Å². The molecule has 9 nitrogen and oxygen atoms in total. The van der Waals surface area contributed by atoms with E-state index < -0.39 is 48.4 Å². The molecule has 0 saturated carbocycles. The zero-order valence-electron chi connectivity index (χ0n) is 13.4. The van der Waals surface area contributed by atoms with Crippen molar-refractivity contribution in [1.29, 1.82) is 0 Å². The van der Waals surface area contributed by atoms with Gasteiger partial charge in [-0.25, -0.2) is 4.39 Å². The number of H-pyrrole nitrogens is 1. The van der Waals surface area contributed by atoms with Gasteiger partial charge in [0, 0.05) is 12.1 Å². The molecule has 1 aliphatic rings. The van der Waals surface area contributed by atoms with Gasteiger partial charge < -0.3 is 26.4 Å². The molecule has 3 rings (SSSR count). The summed E-state index contributed by atoms with van der Waals surface area (Å²) >= 11 is 0. The summed E-state index contributed by atoms with van der Waals surface area (Å²) in [7, 11) is 0. The van der Waals surface area contributed by atoms with Gasteiger partial charge >= 0.3 is 0 Å². The number of hydrogen-bond acceptors (Lipinski definition) is 7. The van der Waals surface area contributed by atoms with E-state index in [2.05, 4.69) is 21.8 Å². The highest BCUT2D eigenvalue weighted by Crippen LogP contribution is 2.42. The number of anilines is 1. The van der Waals surface area contributed by atoms with E-state index in [0.29, 0.717) is 0 Å². The first kappa shape index (κ1) is 17.4. The van der Waals surface area contributed by atoms with Gasteiger partial charge in [-0.15, -0.1) is 5.92 Å². The van der Waals surface area contributed by atoms with Gasteiger partial charge in [0.25, 0.3) is 5.56 Å². The smallest absolute Gasteiger partial charge is 0.264 e. The lowest BCUT2D eigenvalue weighted by Crippen LogP contribution is -2.51. The number of halogens is 1. The van der Waals surface area contributed by atoms with Crippen LogP contribution in [0.25, 0.3) is 11.0 Å². The number of ether oxygens (including phenoxy) is 1. The maximum absolute atomic E-state index is 14.3. The maximum atomic E-state index is 14.3. The van der Waals surface area contributed by atoms with E-state index in [-0.39, 0.29) is 17.0 Å². The molecule has 0 spiro atoms. The van der Waals surface area contributed by atoms with Gasteiger partial charge in [-0.05, 0) is 6.92 Å². The Hall–Kier alpha value is -2.45. The molecule has 1 aliphatic heterocycles. The molecule has 0 aliphatic carbocycles.